The summed E-state index contributed by atoms with van der Waals surface area (Å²) in [5.41, 5.74) is 0.995. The van der Waals surface area contributed by atoms with Gasteiger partial charge in [0.2, 0.25) is 5.91 Å². The van der Waals surface area contributed by atoms with Gasteiger partial charge in [-0.1, -0.05) is 0 Å². The van der Waals surface area contributed by atoms with Crippen LogP contribution in [0.4, 0.5) is 0 Å². The zero-order chi connectivity index (χ0) is 22.2. The molecule has 31 heavy (non-hydrogen) atoms. The van der Waals surface area contributed by atoms with E-state index in [-0.39, 0.29) is 48.5 Å². The van der Waals surface area contributed by atoms with Crippen molar-refractivity contribution in [3.05, 3.63) is 23.8 Å². The van der Waals surface area contributed by atoms with E-state index in [1.54, 1.807) is 22.9 Å². The number of amides is 2. The van der Waals surface area contributed by atoms with E-state index in [1.165, 1.54) is 6.20 Å². The number of hydrogen-bond donors (Lipinski definition) is 0. The minimum atomic E-state index is -0.273. The molecule has 0 bridgehead atoms. The first kappa shape index (κ1) is 23.1. The van der Waals surface area contributed by atoms with Gasteiger partial charge in [0.05, 0.1) is 30.5 Å². The van der Waals surface area contributed by atoms with E-state index in [2.05, 4.69) is 9.97 Å². The second-order valence-electron chi connectivity index (χ2n) is 8.11. The standard InChI is InChI=1S/C22H32N4O5/c1-3-30-22(29)17-6-4-9-25(14-17)20(27)8-10-26(15-18-7-5-11-31-18)21(28)19-13-23-16(2)12-24-19/h12-13,17-18H,3-11,14-15H2,1-2H3. The van der Waals surface area contributed by atoms with Crippen LogP contribution in [0.2, 0.25) is 0 Å². The Balaban J connectivity index is 1.60. The molecule has 1 aromatic heterocycles. The van der Waals surface area contributed by atoms with E-state index in [0.29, 0.717) is 32.8 Å². The van der Waals surface area contributed by atoms with Crippen LogP contribution in [0.3, 0.4) is 0 Å². The normalized spacial score (nSPS) is 21.0. The SMILES string of the molecule is CCOC(=O)C1CCCN(C(=O)CCN(CC2CCCO2)C(=O)c2cnc(C)cn2)C1. The molecule has 2 atom stereocenters. The monoisotopic (exact) mass is 432 g/mol. The van der Waals surface area contributed by atoms with Gasteiger partial charge in [0.1, 0.15) is 5.69 Å². The highest BCUT2D eigenvalue weighted by Crippen LogP contribution is 2.19. The van der Waals surface area contributed by atoms with Gasteiger partial charge in [-0.3, -0.25) is 19.4 Å². The maximum atomic E-state index is 13.0. The van der Waals surface area contributed by atoms with Crippen LogP contribution in [0.1, 0.15) is 55.2 Å². The molecule has 0 aromatic carbocycles. The maximum Gasteiger partial charge on any atom is 0.310 e. The number of hydrogen-bond acceptors (Lipinski definition) is 7. The second kappa shape index (κ2) is 11.2. The topological polar surface area (TPSA) is 102 Å². The first-order valence-electron chi connectivity index (χ1n) is 11.1. The molecular weight excluding hydrogens is 400 g/mol. The van der Waals surface area contributed by atoms with Gasteiger partial charge in [0.25, 0.3) is 5.91 Å². The first-order chi connectivity index (χ1) is 15.0. The Bertz CT molecular complexity index is 764. The van der Waals surface area contributed by atoms with Crippen molar-refractivity contribution in [2.75, 3.05) is 39.4 Å². The highest BCUT2D eigenvalue weighted by atomic mass is 16.5. The lowest BCUT2D eigenvalue weighted by Gasteiger charge is -2.32. The van der Waals surface area contributed by atoms with E-state index < -0.39 is 0 Å². The third kappa shape index (κ3) is 6.46. The van der Waals surface area contributed by atoms with Crippen LogP contribution < -0.4 is 0 Å². The van der Waals surface area contributed by atoms with Crippen molar-refractivity contribution in [1.29, 1.82) is 0 Å². The Morgan fingerprint density at radius 1 is 1.23 bits per heavy atom. The van der Waals surface area contributed by atoms with Crippen molar-refractivity contribution in [3.8, 4) is 0 Å². The van der Waals surface area contributed by atoms with Crippen molar-refractivity contribution in [2.45, 2.75) is 52.1 Å². The number of carbonyl (C=O) groups is 3. The van der Waals surface area contributed by atoms with Crippen LogP contribution in [-0.4, -0.2) is 83.0 Å². The molecule has 0 aliphatic carbocycles. The average Bonchev–Trinajstić information content (AvgIpc) is 3.30. The molecule has 0 saturated carbocycles. The largest absolute Gasteiger partial charge is 0.466 e. The van der Waals surface area contributed by atoms with E-state index in [4.69, 9.17) is 9.47 Å². The van der Waals surface area contributed by atoms with Gasteiger partial charge in [0.15, 0.2) is 0 Å². The zero-order valence-corrected chi connectivity index (χ0v) is 18.4. The van der Waals surface area contributed by atoms with Gasteiger partial charge in [-0.2, -0.15) is 0 Å². The Hall–Kier alpha value is -2.55. The minimum absolute atomic E-state index is 0.0272. The van der Waals surface area contributed by atoms with Crippen LogP contribution in [-0.2, 0) is 19.1 Å². The molecule has 2 aliphatic heterocycles. The molecule has 3 heterocycles. The number of esters is 1. The smallest absolute Gasteiger partial charge is 0.310 e. The molecule has 0 N–H and O–H groups in total. The zero-order valence-electron chi connectivity index (χ0n) is 18.4. The molecule has 170 valence electrons. The molecular formula is C22H32N4O5. The summed E-state index contributed by atoms with van der Waals surface area (Å²) < 4.78 is 10.8. The van der Waals surface area contributed by atoms with Gasteiger partial charge in [0, 0.05) is 45.4 Å². The van der Waals surface area contributed by atoms with Crippen LogP contribution in [0.15, 0.2) is 12.4 Å². The third-order valence-electron chi connectivity index (χ3n) is 5.72. The highest BCUT2D eigenvalue weighted by molar-refractivity contribution is 5.92. The Labute approximate surface area is 183 Å². The number of carbonyl (C=O) groups excluding carboxylic acids is 3. The lowest BCUT2D eigenvalue weighted by atomic mass is 9.98. The van der Waals surface area contributed by atoms with Crippen molar-refractivity contribution in [3.63, 3.8) is 0 Å². The summed E-state index contributed by atoms with van der Waals surface area (Å²) >= 11 is 0. The van der Waals surface area contributed by atoms with Gasteiger partial charge < -0.3 is 19.3 Å². The van der Waals surface area contributed by atoms with E-state index >= 15 is 0 Å². The highest BCUT2D eigenvalue weighted by Gasteiger charge is 2.30. The molecule has 0 spiro atoms. The van der Waals surface area contributed by atoms with Gasteiger partial charge in [-0.15, -0.1) is 0 Å². The molecule has 2 fully saturated rings. The van der Waals surface area contributed by atoms with Crippen LogP contribution >= 0.6 is 0 Å². The Morgan fingerprint density at radius 3 is 2.74 bits per heavy atom. The predicted molar refractivity (Wildman–Crippen MR) is 112 cm³/mol. The number of aromatic nitrogens is 2. The quantitative estimate of drug-likeness (QED) is 0.575. The summed E-state index contributed by atoms with van der Waals surface area (Å²) in [4.78, 5) is 49.6. The van der Waals surface area contributed by atoms with E-state index in [1.807, 2.05) is 6.92 Å². The molecule has 0 radical (unpaired) electrons. The number of piperidine rings is 1. The van der Waals surface area contributed by atoms with Crippen LogP contribution in [0.5, 0.6) is 0 Å². The minimum Gasteiger partial charge on any atom is -0.466 e. The summed E-state index contributed by atoms with van der Waals surface area (Å²) in [6, 6.07) is 0. The fourth-order valence-corrected chi connectivity index (χ4v) is 4.02. The van der Waals surface area contributed by atoms with E-state index in [9.17, 15) is 14.4 Å². The molecule has 2 saturated heterocycles. The second-order valence-corrected chi connectivity index (χ2v) is 8.11. The van der Waals surface area contributed by atoms with E-state index in [0.717, 1.165) is 31.4 Å². The molecule has 1 aromatic rings. The Morgan fingerprint density at radius 2 is 2.06 bits per heavy atom. The number of aryl methyl sites for hydroxylation is 1. The first-order valence-corrected chi connectivity index (χ1v) is 11.1. The number of likely N-dealkylation sites (tertiary alicyclic amines) is 1. The fraction of sp³-hybridized carbons (Fsp3) is 0.682. The summed E-state index contributed by atoms with van der Waals surface area (Å²) in [7, 11) is 0. The predicted octanol–water partition coefficient (Wildman–Crippen LogP) is 1.60. The summed E-state index contributed by atoms with van der Waals surface area (Å²) in [5, 5.41) is 0. The van der Waals surface area contributed by atoms with Gasteiger partial charge in [-0.25, -0.2) is 4.98 Å². The van der Waals surface area contributed by atoms with Crippen LogP contribution in [0, 0.1) is 12.8 Å². The van der Waals surface area contributed by atoms with Crippen molar-refractivity contribution < 1.29 is 23.9 Å². The van der Waals surface area contributed by atoms with Crippen LogP contribution in [0.25, 0.3) is 0 Å². The molecule has 9 nitrogen and oxygen atoms in total. The number of rotatable bonds is 8. The lowest BCUT2D eigenvalue weighted by molar-refractivity contribution is -0.151. The van der Waals surface area contributed by atoms with Crippen molar-refractivity contribution >= 4 is 17.8 Å². The van der Waals surface area contributed by atoms with Gasteiger partial charge in [-0.05, 0) is 39.5 Å². The summed E-state index contributed by atoms with van der Waals surface area (Å²) in [6.45, 7) is 6.32. The summed E-state index contributed by atoms with van der Waals surface area (Å²) in [6.07, 6.45) is 6.56. The fourth-order valence-electron chi connectivity index (χ4n) is 4.02. The van der Waals surface area contributed by atoms with Gasteiger partial charge >= 0.3 is 5.97 Å². The maximum absolute atomic E-state index is 13.0. The molecule has 2 unspecified atom stereocenters. The molecule has 3 rings (SSSR count). The lowest BCUT2D eigenvalue weighted by Crippen LogP contribution is -2.45. The summed E-state index contributed by atoms with van der Waals surface area (Å²) in [5.74, 6) is -0.828. The Kier molecular flexibility index (Phi) is 8.34. The van der Waals surface area contributed by atoms with Crippen molar-refractivity contribution in [1.82, 2.24) is 19.8 Å². The van der Waals surface area contributed by atoms with Crippen molar-refractivity contribution in [2.24, 2.45) is 5.92 Å². The molecule has 2 amide bonds. The average molecular weight is 433 g/mol. The molecule has 9 heteroatoms. The number of nitrogens with zero attached hydrogens (tertiary/aromatic N) is 4. The third-order valence-corrected chi connectivity index (χ3v) is 5.72. The molecule has 2 aliphatic rings. The number of ether oxygens (including phenoxy) is 2.